The summed E-state index contributed by atoms with van der Waals surface area (Å²) in [5.74, 6) is -0.157. The Morgan fingerprint density at radius 2 is 1.80 bits per heavy atom. The predicted molar refractivity (Wildman–Crippen MR) is 57.1 cm³/mol. The van der Waals surface area contributed by atoms with E-state index >= 15 is 0 Å². The van der Waals surface area contributed by atoms with E-state index in [2.05, 4.69) is 0 Å². The van der Waals surface area contributed by atoms with Crippen molar-refractivity contribution in [3.8, 4) is 0 Å². The van der Waals surface area contributed by atoms with Crippen LogP contribution in [0.15, 0.2) is 16.5 Å². The van der Waals surface area contributed by atoms with Crippen LogP contribution in [0.4, 0.5) is 5.88 Å². The standard InChI is InChI=1S/C11H11NO3/c1-6-4-9-8(3)11(12(13)14)15-10(9)5-7(6)2/h4-5H,1-3H3. The third-order valence-corrected chi connectivity index (χ3v) is 2.69. The Morgan fingerprint density at radius 1 is 1.20 bits per heavy atom. The highest BCUT2D eigenvalue weighted by Gasteiger charge is 2.20. The van der Waals surface area contributed by atoms with E-state index in [1.54, 1.807) is 6.92 Å². The molecule has 0 aliphatic carbocycles. The van der Waals surface area contributed by atoms with Crippen LogP contribution >= 0.6 is 0 Å². The predicted octanol–water partition coefficient (Wildman–Crippen LogP) is 3.27. The topological polar surface area (TPSA) is 56.3 Å². The van der Waals surface area contributed by atoms with Crippen LogP contribution in [0.5, 0.6) is 0 Å². The zero-order chi connectivity index (χ0) is 11.2. The fraction of sp³-hybridized carbons (Fsp3) is 0.273. The molecule has 1 aromatic carbocycles. The summed E-state index contributed by atoms with van der Waals surface area (Å²) in [6.45, 7) is 5.64. The fourth-order valence-electron chi connectivity index (χ4n) is 1.64. The van der Waals surface area contributed by atoms with Crippen LogP contribution in [0.1, 0.15) is 16.7 Å². The Hall–Kier alpha value is -1.84. The summed E-state index contributed by atoms with van der Waals surface area (Å²) < 4.78 is 5.20. The van der Waals surface area contributed by atoms with Crippen molar-refractivity contribution in [3.05, 3.63) is 38.9 Å². The molecule has 4 heteroatoms. The number of benzene rings is 1. The number of fused-ring (bicyclic) bond motifs is 1. The highest BCUT2D eigenvalue weighted by Crippen LogP contribution is 2.32. The van der Waals surface area contributed by atoms with E-state index in [1.165, 1.54) is 0 Å². The number of furan rings is 1. The van der Waals surface area contributed by atoms with Gasteiger partial charge in [-0.15, -0.1) is 0 Å². The second-order valence-electron chi connectivity index (χ2n) is 3.72. The van der Waals surface area contributed by atoms with E-state index in [4.69, 9.17) is 4.42 Å². The van der Waals surface area contributed by atoms with Crippen LogP contribution in [0, 0.1) is 30.9 Å². The van der Waals surface area contributed by atoms with Gasteiger partial charge in [-0.1, -0.05) is 0 Å². The number of nitrogens with zero attached hydrogens (tertiary/aromatic N) is 1. The zero-order valence-corrected chi connectivity index (χ0v) is 8.83. The summed E-state index contributed by atoms with van der Waals surface area (Å²) in [7, 11) is 0. The van der Waals surface area contributed by atoms with Gasteiger partial charge in [0.1, 0.15) is 10.5 Å². The largest absolute Gasteiger partial charge is 0.437 e. The molecule has 4 nitrogen and oxygen atoms in total. The van der Waals surface area contributed by atoms with Crippen molar-refractivity contribution in [1.82, 2.24) is 0 Å². The first-order valence-corrected chi connectivity index (χ1v) is 4.65. The lowest BCUT2D eigenvalue weighted by Gasteiger charge is -1.97. The van der Waals surface area contributed by atoms with Gasteiger partial charge in [-0.25, -0.2) is 0 Å². The molecule has 1 aromatic heterocycles. The van der Waals surface area contributed by atoms with Crippen molar-refractivity contribution in [2.45, 2.75) is 20.8 Å². The van der Waals surface area contributed by atoms with E-state index in [-0.39, 0.29) is 5.88 Å². The summed E-state index contributed by atoms with van der Waals surface area (Å²) in [5.41, 5.74) is 3.37. The molecule has 0 radical (unpaired) electrons. The first-order valence-electron chi connectivity index (χ1n) is 4.65. The van der Waals surface area contributed by atoms with E-state index in [1.807, 2.05) is 26.0 Å². The van der Waals surface area contributed by atoms with Gasteiger partial charge in [0.15, 0.2) is 0 Å². The molecule has 0 spiro atoms. The lowest BCUT2D eigenvalue weighted by atomic mass is 10.1. The first-order chi connectivity index (χ1) is 7.00. The van der Waals surface area contributed by atoms with Gasteiger partial charge in [0.25, 0.3) is 0 Å². The summed E-state index contributed by atoms with van der Waals surface area (Å²) in [4.78, 5) is 10.2. The van der Waals surface area contributed by atoms with Gasteiger partial charge in [-0.05, 0) is 44.0 Å². The molecule has 0 aliphatic rings. The SMILES string of the molecule is Cc1cc2oc([N+](=O)[O-])c(C)c2cc1C. The van der Waals surface area contributed by atoms with E-state index in [0.717, 1.165) is 16.5 Å². The molecule has 78 valence electrons. The smallest absolute Gasteiger partial charge is 0.400 e. The number of aryl methyl sites for hydroxylation is 3. The third kappa shape index (κ3) is 1.38. The Labute approximate surface area is 86.7 Å². The van der Waals surface area contributed by atoms with E-state index in [0.29, 0.717) is 11.1 Å². The maximum absolute atomic E-state index is 10.7. The summed E-state index contributed by atoms with van der Waals surface area (Å²) >= 11 is 0. The van der Waals surface area contributed by atoms with Crippen LogP contribution < -0.4 is 0 Å². The minimum Gasteiger partial charge on any atom is -0.400 e. The van der Waals surface area contributed by atoms with Crippen molar-refractivity contribution < 1.29 is 9.34 Å². The van der Waals surface area contributed by atoms with Gasteiger partial charge in [0.2, 0.25) is 0 Å². The average molecular weight is 205 g/mol. The summed E-state index contributed by atoms with van der Waals surface area (Å²) in [6, 6.07) is 3.77. The number of hydrogen-bond acceptors (Lipinski definition) is 3. The van der Waals surface area contributed by atoms with Gasteiger partial charge in [0.05, 0.1) is 5.56 Å². The van der Waals surface area contributed by atoms with Gasteiger partial charge in [-0.3, -0.25) is 10.1 Å². The molecule has 2 aromatic rings. The monoisotopic (exact) mass is 205 g/mol. The second kappa shape index (κ2) is 3.08. The Bertz CT molecular complexity index is 554. The lowest BCUT2D eigenvalue weighted by molar-refractivity contribution is -0.402. The summed E-state index contributed by atoms with van der Waals surface area (Å²) in [6.07, 6.45) is 0. The highest BCUT2D eigenvalue weighted by atomic mass is 16.6. The van der Waals surface area contributed by atoms with Crippen molar-refractivity contribution >= 4 is 16.9 Å². The van der Waals surface area contributed by atoms with E-state index < -0.39 is 4.92 Å². The number of nitro groups is 1. The molecule has 2 rings (SSSR count). The summed E-state index contributed by atoms with van der Waals surface area (Å²) in [5, 5.41) is 11.5. The normalized spacial score (nSPS) is 10.9. The number of hydrogen-bond donors (Lipinski definition) is 0. The molecule has 1 heterocycles. The molecule has 0 unspecified atom stereocenters. The molecule has 0 atom stereocenters. The van der Waals surface area contributed by atoms with Crippen LogP contribution in [-0.4, -0.2) is 4.92 Å². The van der Waals surface area contributed by atoms with Crippen LogP contribution in [0.25, 0.3) is 11.0 Å². The number of rotatable bonds is 1. The maximum Gasteiger partial charge on any atom is 0.437 e. The zero-order valence-electron chi connectivity index (χ0n) is 8.83. The van der Waals surface area contributed by atoms with Gasteiger partial charge < -0.3 is 4.42 Å². The molecular formula is C11H11NO3. The molecule has 0 N–H and O–H groups in total. The Kier molecular flexibility index (Phi) is 2.00. The average Bonchev–Trinajstić information content (AvgIpc) is 2.46. The molecule has 0 amide bonds. The quantitative estimate of drug-likeness (QED) is 0.530. The molecular weight excluding hydrogens is 194 g/mol. The molecule has 0 fully saturated rings. The Morgan fingerprint density at radius 3 is 2.40 bits per heavy atom. The third-order valence-electron chi connectivity index (χ3n) is 2.69. The maximum atomic E-state index is 10.7. The van der Waals surface area contributed by atoms with Crippen molar-refractivity contribution in [2.75, 3.05) is 0 Å². The molecule has 0 saturated heterocycles. The second-order valence-corrected chi connectivity index (χ2v) is 3.72. The van der Waals surface area contributed by atoms with Crippen molar-refractivity contribution in [2.24, 2.45) is 0 Å². The van der Waals surface area contributed by atoms with Gasteiger partial charge >= 0.3 is 5.88 Å². The molecule has 0 bridgehead atoms. The first kappa shape index (κ1) is 9.71. The molecule has 15 heavy (non-hydrogen) atoms. The molecule has 0 saturated carbocycles. The Balaban J connectivity index is 2.83. The highest BCUT2D eigenvalue weighted by molar-refractivity contribution is 5.85. The van der Waals surface area contributed by atoms with E-state index in [9.17, 15) is 10.1 Å². The van der Waals surface area contributed by atoms with Gasteiger partial charge in [0, 0.05) is 5.39 Å². The van der Waals surface area contributed by atoms with Crippen molar-refractivity contribution in [3.63, 3.8) is 0 Å². The molecule has 0 aliphatic heterocycles. The van der Waals surface area contributed by atoms with Crippen LogP contribution in [0.2, 0.25) is 0 Å². The minimum absolute atomic E-state index is 0.157. The lowest BCUT2D eigenvalue weighted by Crippen LogP contribution is -1.86. The van der Waals surface area contributed by atoms with Crippen LogP contribution in [0.3, 0.4) is 0 Å². The van der Waals surface area contributed by atoms with Gasteiger partial charge in [-0.2, -0.15) is 0 Å². The van der Waals surface area contributed by atoms with Crippen molar-refractivity contribution in [1.29, 1.82) is 0 Å². The minimum atomic E-state index is -0.486. The fourth-order valence-corrected chi connectivity index (χ4v) is 1.64. The van der Waals surface area contributed by atoms with Crippen LogP contribution in [-0.2, 0) is 0 Å².